The van der Waals surface area contributed by atoms with E-state index in [0.717, 1.165) is 10.2 Å². The highest BCUT2D eigenvalue weighted by Gasteiger charge is 2.25. The summed E-state index contributed by atoms with van der Waals surface area (Å²) in [5.74, 6) is 0.596. The molecule has 17 heavy (non-hydrogen) atoms. The Morgan fingerprint density at radius 1 is 1.29 bits per heavy atom. The second-order valence-corrected chi connectivity index (χ2v) is 4.40. The van der Waals surface area contributed by atoms with E-state index in [1.165, 1.54) is 17.7 Å². The minimum atomic E-state index is -4.09. The standard InChI is InChI=1S/C10H10F3N3S/c11-10(12,13)3-1-4-14-8-7-2-5-17-9(7)16-6-15-8/h2,5-6H,1,3-4H2,(H,14,15,16). The molecule has 7 heteroatoms. The number of rotatable bonds is 4. The Morgan fingerprint density at radius 3 is 2.88 bits per heavy atom. The highest BCUT2D eigenvalue weighted by Crippen LogP contribution is 2.24. The summed E-state index contributed by atoms with van der Waals surface area (Å²) in [6.07, 6.45) is -3.42. The Labute approximate surface area is 99.7 Å². The predicted molar refractivity (Wildman–Crippen MR) is 61.2 cm³/mol. The first-order chi connectivity index (χ1) is 8.06. The molecule has 0 unspecified atom stereocenters. The van der Waals surface area contributed by atoms with Gasteiger partial charge in [0.2, 0.25) is 0 Å². The predicted octanol–water partition coefficient (Wildman–Crippen LogP) is 3.45. The summed E-state index contributed by atoms with van der Waals surface area (Å²) in [6, 6.07) is 1.85. The second kappa shape index (κ2) is 4.87. The molecule has 2 aromatic heterocycles. The lowest BCUT2D eigenvalue weighted by Crippen LogP contribution is -2.11. The number of fused-ring (bicyclic) bond motifs is 1. The highest BCUT2D eigenvalue weighted by atomic mass is 32.1. The van der Waals surface area contributed by atoms with Gasteiger partial charge in [-0.25, -0.2) is 9.97 Å². The molecular formula is C10H10F3N3S. The van der Waals surface area contributed by atoms with E-state index in [1.807, 2.05) is 11.4 Å². The lowest BCUT2D eigenvalue weighted by molar-refractivity contribution is -0.134. The van der Waals surface area contributed by atoms with Crippen molar-refractivity contribution in [2.45, 2.75) is 19.0 Å². The van der Waals surface area contributed by atoms with Gasteiger partial charge in [0.05, 0.1) is 5.39 Å². The highest BCUT2D eigenvalue weighted by molar-refractivity contribution is 7.16. The van der Waals surface area contributed by atoms with Gasteiger partial charge in [0, 0.05) is 13.0 Å². The second-order valence-electron chi connectivity index (χ2n) is 3.51. The van der Waals surface area contributed by atoms with Gasteiger partial charge in [0.1, 0.15) is 17.0 Å². The summed E-state index contributed by atoms with van der Waals surface area (Å²) in [5.41, 5.74) is 0. The summed E-state index contributed by atoms with van der Waals surface area (Å²) in [5, 5.41) is 5.63. The average Bonchev–Trinajstić information content (AvgIpc) is 2.71. The fourth-order valence-electron chi connectivity index (χ4n) is 1.43. The number of aromatic nitrogens is 2. The van der Waals surface area contributed by atoms with Crippen LogP contribution in [0.5, 0.6) is 0 Å². The molecule has 0 aliphatic carbocycles. The number of alkyl halides is 3. The Morgan fingerprint density at radius 2 is 2.12 bits per heavy atom. The molecule has 0 amide bonds. The van der Waals surface area contributed by atoms with Crippen molar-refractivity contribution in [2.24, 2.45) is 0 Å². The molecule has 0 radical (unpaired) electrons. The van der Waals surface area contributed by atoms with Gasteiger partial charge in [-0.3, -0.25) is 0 Å². The first kappa shape index (κ1) is 12.1. The summed E-state index contributed by atoms with van der Waals surface area (Å²) in [6.45, 7) is 0.251. The van der Waals surface area contributed by atoms with Crippen LogP contribution in [0, 0.1) is 0 Å². The number of halogens is 3. The summed E-state index contributed by atoms with van der Waals surface area (Å²) in [4.78, 5) is 8.90. The van der Waals surface area contributed by atoms with Crippen molar-refractivity contribution in [3.63, 3.8) is 0 Å². The molecule has 0 saturated heterocycles. The number of nitrogens with one attached hydrogen (secondary N) is 1. The Balaban J connectivity index is 1.93. The molecule has 2 aromatic rings. The van der Waals surface area contributed by atoms with Crippen LogP contribution in [0.15, 0.2) is 17.8 Å². The van der Waals surface area contributed by atoms with Crippen LogP contribution < -0.4 is 5.32 Å². The molecule has 3 nitrogen and oxygen atoms in total. The van der Waals surface area contributed by atoms with Gasteiger partial charge in [-0.15, -0.1) is 11.3 Å². The van der Waals surface area contributed by atoms with Crippen LogP contribution in [0.2, 0.25) is 0 Å². The Bertz CT molecular complexity index is 495. The molecule has 0 aromatic carbocycles. The zero-order chi connectivity index (χ0) is 12.3. The summed E-state index contributed by atoms with van der Waals surface area (Å²) >= 11 is 1.47. The molecule has 1 N–H and O–H groups in total. The van der Waals surface area contributed by atoms with E-state index < -0.39 is 12.6 Å². The van der Waals surface area contributed by atoms with Gasteiger partial charge < -0.3 is 5.32 Å². The molecule has 0 spiro atoms. The third-order valence-electron chi connectivity index (χ3n) is 2.19. The van der Waals surface area contributed by atoms with Crippen LogP contribution in [0.4, 0.5) is 19.0 Å². The van der Waals surface area contributed by atoms with Crippen LogP contribution in [0.1, 0.15) is 12.8 Å². The molecule has 0 aliphatic heterocycles. The van der Waals surface area contributed by atoms with Gasteiger partial charge in [-0.1, -0.05) is 0 Å². The van der Waals surface area contributed by atoms with E-state index in [9.17, 15) is 13.2 Å². The van der Waals surface area contributed by atoms with Gasteiger partial charge in [0.15, 0.2) is 0 Å². The molecule has 0 fully saturated rings. The lowest BCUT2D eigenvalue weighted by atomic mass is 10.3. The summed E-state index contributed by atoms with van der Waals surface area (Å²) in [7, 11) is 0. The zero-order valence-electron chi connectivity index (χ0n) is 8.79. The van der Waals surface area contributed by atoms with E-state index in [2.05, 4.69) is 15.3 Å². The molecule has 2 rings (SSSR count). The SMILES string of the molecule is FC(F)(F)CCCNc1ncnc2sccc12. The van der Waals surface area contributed by atoms with E-state index in [1.54, 1.807) is 0 Å². The molecule has 0 saturated carbocycles. The Hall–Kier alpha value is -1.37. The first-order valence-corrected chi connectivity index (χ1v) is 5.93. The topological polar surface area (TPSA) is 37.8 Å². The van der Waals surface area contributed by atoms with Crippen LogP contribution in [-0.4, -0.2) is 22.7 Å². The smallest absolute Gasteiger partial charge is 0.369 e. The molecular weight excluding hydrogens is 251 g/mol. The number of thiophene rings is 1. The van der Waals surface area contributed by atoms with Crippen molar-refractivity contribution >= 4 is 27.4 Å². The zero-order valence-corrected chi connectivity index (χ0v) is 9.61. The molecule has 2 heterocycles. The average molecular weight is 261 g/mol. The first-order valence-electron chi connectivity index (χ1n) is 5.05. The van der Waals surface area contributed by atoms with Crippen molar-refractivity contribution in [1.82, 2.24) is 9.97 Å². The molecule has 0 aliphatic rings. The fraction of sp³-hybridized carbons (Fsp3) is 0.400. The quantitative estimate of drug-likeness (QED) is 0.857. The maximum absolute atomic E-state index is 11.9. The van der Waals surface area contributed by atoms with Crippen LogP contribution >= 0.6 is 11.3 Å². The van der Waals surface area contributed by atoms with Crippen molar-refractivity contribution in [1.29, 1.82) is 0 Å². The number of anilines is 1. The van der Waals surface area contributed by atoms with Crippen molar-refractivity contribution in [2.75, 3.05) is 11.9 Å². The van der Waals surface area contributed by atoms with Crippen LogP contribution in [0.25, 0.3) is 10.2 Å². The molecule has 0 bridgehead atoms. The summed E-state index contributed by atoms with van der Waals surface area (Å²) < 4.78 is 35.8. The van der Waals surface area contributed by atoms with E-state index in [-0.39, 0.29) is 13.0 Å². The Kier molecular flexibility index (Phi) is 3.46. The van der Waals surface area contributed by atoms with Gasteiger partial charge in [0.25, 0.3) is 0 Å². The fourth-order valence-corrected chi connectivity index (χ4v) is 2.16. The van der Waals surface area contributed by atoms with Crippen molar-refractivity contribution in [3.8, 4) is 0 Å². The lowest BCUT2D eigenvalue weighted by Gasteiger charge is -2.08. The third-order valence-corrected chi connectivity index (χ3v) is 3.01. The van der Waals surface area contributed by atoms with E-state index in [0.29, 0.717) is 5.82 Å². The maximum atomic E-state index is 11.9. The molecule has 0 atom stereocenters. The minimum Gasteiger partial charge on any atom is -0.369 e. The minimum absolute atomic E-state index is 0.0408. The van der Waals surface area contributed by atoms with Gasteiger partial charge in [-0.2, -0.15) is 13.2 Å². The largest absolute Gasteiger partial charge is 0.389 e. The van der Waals surface area contributed by atoms with Crippen LogP contribution in [0.3, 0.4) is 0 Å². The monoisotopic (exact) mass is 261 g/mol. The van der Waals surface area contributed by atoms with Crippen molar-refractivity contribution < 1.29 is 13.2 Å². The van der Waals surface area contributed by atoms with Crippen LogP contribution in [-0.2, 0) is 0 Å². The molecule has 92 valence electrons. The normalized spacial score (nSPS) is 11.9. The van der Waals surface area contributed by atoms with Gasteiger partial charge in [-0.05, 0) is 17.9 Å². The number of hydrogen-bond donors (Lipinski definition) is 1. The number of hydrogen-bond acceptors (Lipinski definition) is 4. The van der Waals surface area contributed by atoms with E-state index in [4.69, 9.17) is 0 Å². The van der Waals surface area contributed by atoms with Gasteiger partial charge >= 0.3 is 6.18 Å². The van der Waals surface area contributed by atoms with Crippen molar-refractivity contribution in [3.05, 3.63) is 17.8 Å². The third kappa shape index (κ3) is 3.29. The number of nitrogens with zero attached hydrogens (tertiary/aromatic N) is 2. The maximum Gasteiger partial charge on any atom is 0.389 e. The van der Waals surface area contributed by atoms with E-state index >= 15 is 0 Å².